The van der Waals surface area contributed by atoms with Gasteiger partial charge in [0.2, 0.25) is 0 Å². The lowest BCUT2D eigenvalue weighted by Gasteiger charge is -2.16. The molecule has 4 heteroatoms. The minimum atomic E-state index is -0.480. The molecule has 0 saturated carbocycles. The molecular formula is C15H17NO3. The zero-order valence-corrected chi connectivity index (χ0v) is 10.7. The van der Waals surface area contributed by atoms with Crippen molar-refractivity contribution in [1.82, 2.24) is 5.32 Å². The summed E-state index contributed by atoms with van der Waals surface area (Å²) in [5.41, 5.74) is 0.939. The Hall–Kier alpha value is -2.10. The second-order valence-corrected chi connectivity index (χ2v) is 4.52. The van der Waals surface area contributed by atoms with Gasteiger partial charge in [-0.05, 0) is 24.5 Å². The fourth-order valence-electron chi connectivity index (χ4n) is 1.96. The third-order valence-corrected chi connectivity index (χ3v) is 3.07. The van der Waals surface area contributed by atoms with E-state index >= 15 is 0 Å². The van der Waals surface area contributed by atoms with Crippen molar-refractivity contribution in [3.63, 3.8) is 0 Å². The number of nitrogens with one attached hydrogen (secondary N) is 1. The summed E-state index contributed by atoms with van der Waals surface area (Å²) in [7, 11) is 0. The fraction of sp³-hybridized carbons (Fsp3) is 0.333. The first-order valence-corrected chi connectivity index (χ1v) is 6.40. The zero-order valence-electron chi connectivity index (χ0n) is 10.7. The van der Waals surface area contributed by atoms with Gasteiger partial charge in [-0.25, -0.2) is 4.79 Å². The van der Waals surface area contributed by atoms with Crippen LogP contribution in [0.3, 0.4) is 0 Å². The molecule has 0 radical (unpaired) electrons. The fourth-order valence-corrected chi connectivity index (χ4v) is 1.96. The van der Waals surface area contributed by atoms with Crippen LogP contribution in [0.25, 0.3) is 0 Å². The maximum atomic E-state index is 11.5. The van der Waals surface area contributed by atoms with Crippen molar-refractivity contribution in [2.75, 3.05) is 6.54 Å². The van der Waals surface area contributed by atoms with Crippen LogP contribution in [-0.2, 0) is 16.1 Å². The molecule has 0 fully saturated rings. The highest BCUT2D eigenvalue weighted by Gasteiger charge is 2.19. The zero-order chi connectivity index (χ0) is 13.5. The van der Waals surface area contributed by atoms with Crippen LogP contribution in [0.5, 0.6) is 0 Å². The summed E-state index contributed by atoms with van der Waals surface area (Å²) in [6, 6.07) is 9.48. The summed E-state index contributed by atoms with van der Waals surface area (Å²) < 4.78 is 5.08. The SMILES string of the molecule is O=C(NCC1CCC=CC1=O)OCc1ccccc1. The summed E-state index contributed by atoms with van der Waals surface area (Å²) >= 11 is 0. The molecule has 100 valence electrons. The van der Waals surface area contributed by atoms with Gasteiger partial charge in [0.15, 0.2) is 5.78 Å². The molecule has 1 aromatic rings. The molecule has 0 heterocycles. The Kier molecular flexibility index (Phi) is 4.72. The van der Waals surface area contributed by atoms with E-state index in [0.29, 0.717) is 6.54 Å². The molecule has 2 rings (SSSR count). The molecule has 1 aliphatic rings. The number of alkyl carbamates (subject to hydrolysis) is 1. The number of amides is 1. The van der Waals surface area contributed by atoms with E-state index in [1.807, 2.05) is 36.4 Å². The minimum absolute atomic E-state index is 0.0783. The monoisotopic (exact) mass is 259 g/mol. The highest BCUT2D eigenvalue weighted by molar-refractivity contribution is 5.92. The first-order chi connectivity index (χ1) is 9.25. The van der Waals surface area contributed by atoms with E-state index in [4.69, 9.17) is 4.74 Å². The van der Waals surface area contributed by atoms with Crippen molar-refractivity contribution in [2.45, 2.75) is 19.4 Å². The lowest BCUT2D eigenvalue weighted by Crippen LogP contribution is -2.33. The Bertz CT molecular complexity index is 468. The number of hydrogen-bond acceptors (Lipinski definition) is 3. The van der Waals surface area contributed by atoms with Gasteiger partial charge < -0.3 is 10.1 Å². The maximum absolute atomic E-state index is 11.5. The molecular weight excluding hydrogens is 242 g/mol. The number of carbonyl (C=O) groups is 2. The van der Waals surface area contributed by atoms with Crippen molar-refractivity contribution >= 4 is 11.9 Å². The topological polar surface area (TPSA) is 55.4 Å². The number of carbonyl (C=O) groups excluding carboxylic acids is 2. The van der Waals surface area contributed by atoms with E-state index < -0.39 is 6.09 Å². The Morgan fingerprint density at radius 2 is 2.11 bits per heavy atom. The van der Waals surface area contributed by atoms with Gasteiger partial charge in [-0.1, -0.05) is 36.4 Å². The van der Waals surface area contributed by atoms with E-state index in [-0.39, 0.29) is 18.3 Å². The maximum Gasteiger partial charge on any atom is 0.407 e. The van der Waals surface area contributed by atoms with Crippen molar-refractivity contribution in [3.05, 3.63) is 48.0 Å². The largest absolute Gasteiger partial charge is 0.445 e. The number of rotatable bonds is 4. The molecule has 0 aromatic heterocycles. The summed E-state index contributed by atoms with van der Waals surface area (Å²) in [4.78, 5) is 23.0. The second-order valence-electron chi connectivity index (χ2n) is 4.52. The molecule has 1 amide bonds. The lowest BCUT2D eigenvalue weighted by molar-refractivity contribution is -0.118. The van der Waals surface area contributed by atoms with E-state index in [2.05, 4.69) is 5.32 Å². The molecule has 1 N–H and O–H groups in total. The Morgan fingerprint density at radius 1 is 1.32 bits per heavy atom. The van der Waals surface area contributed by atoms with Gasteiger partial charge in [0, 0.05) is 12.5 Å². The summed E-state index contributed by atoms with van der Waals surface area (Å²) in [5.74, 6) is -0.0381. The van der Waals surface area contributed by atoms with E-state index in [1.165, 1.54) is 0 Å². The average molecular weight is 259 g/mol. The van der Waals surface area contributed by atoms with Crippen molar-refractivity contribution < 1.29 is 14.3 Å². The molecule has 0 aliphatic heterocycles. The van der Waals surface area contributed by atoms with Crippen LogP contribution < -0.4 is 5.32 Å². The predicted octanol–water partition coefficient (Wildman–Crippen LogP) is 2.45. The van der Waals surface area contributed by atoms with Gasteiger partial charge in [-0.2, -0.15) is 0 Å². The molecule has 0 saturated heterocycles. The standard InChI is InChI=1S/C15H17NO3/c17-14-9-5-4-8-13(14)10-16-15(18)19-11-12-6-2-1-3-7-12/h1-3,5-7,9,13H,4,8,10-11H2,(H,16,18). The molecule has 19 heavy (non-hydrogen) atoms. The highest BCUT2D eigenvalue weighted by Crippen LogP contribution is 2.13. The lowest BCUT2D eigenvalue weighted by atomic mass is 9.93. The predicted molar refractivity (Wildman–Crippen MR) is 71.5 cm³/mol. The van der Waals surface area contributed by atoms with Crippen molar-refractivity contribution in [2.24, 2.45) is 5.92 Å². The van der Waals surface area contributed by atoms with Crippen LogP contribution in [0, 0.1) is 5.92 Å². The first kappa shape index (κ1) is 13.3. The quantitative estimate of drug-likeness (QED) is 0.903. The van der Waals surface area contributed by atoms with E-state index in [9.17, 15) is 9.59 Å². The Balaban J connectivity index is 1.70. The number of hydrogen-bond donors (Lipinski definition) is 1. The van der Waals surface area contributed by atoms with Crippen LogP contribution in [-0.4, -0.2) is 18.4 Å². The van der Waals surface area contributed by atoms with Crippen LogP contribution >= 0.6 is 0 Å². The average Bonchev–Trinajstić information content (AvgIpc) is 2.45. The van der Waals surface area contributed by atoms with Gasteiger partial charge >= 0.3 is 6.09 Å². The molecule has 0 bridgehead atoms. The van der Waals surface area contributed by atoms with Crippen LogP contribution in [0.1, 0.15) is 18.4 Å². The van der Waals surface area contributed by atoms with Gasteiger partial charge in [-0.15, -0.1) is 0 Å². The molecule has 0 spiro atoms. The van der Waals surface area contributed by atoms with Crippen LogP contribution in [0.2, 0.25) is 0 Å². The number of ether oxygens (including phenoxy) is 1. The third-order valence-electron chi connectivity index (χ3n) is 3.07. The van der Waals surface area contributed by atoms with Crippen molar-refractivity contribution in [3.8, 4) is 0 Å². The molecule has 1 atom stereocenters. The molecule has 1 aromatic carbocycles. The Morgan fingerprint density at radius 3 is 2.84 bits per heavy atom. The van der Waals surface area contributed by atoms with Crippen molar-refractivity contribution in [1.29, 1.82) is 0 Å². The normalized spacial score (nSPS) is 18.1. The molecule has 1 aliphatic carbocycles. The summed E-state index contributed by atoms with van der Waals surface area (Å²) in [6.45, 7) is 0.585. The smallest absolute Gasteiger partial charge is 0.407 e. The number of allylic oxidation sites excluding steroid dienone is 2. The number of ketones is 1. The number of benzene rings is 1. The summed E-state index contributed by atoms with van der Waals surface area (Å²) in [5, 5.41) is 2.64. The van der Waals surface area contributed by atoms with Gasteiger partial charge in [-0.3, -0.25) is 4.79 Å². The summed E-state index contributed by atoms with van der Waals surface area (Å²) in [6.07, 6.45) is 4.65. The third kappa shape index (κ3) is 4.25. The Labute approximate surface area is 112 Å². The van der Waals surface area contributed by atoms with E-state index in [1.54, 1.807) is 6.08 Å². The van der Waals surface area contributed by atoms with Gasteiger partial charge in [0.25, 0.3) is 0 Å². The van der Waals surface area contributed by atoms with Gasteiger partial charge in [0.05, 0.1) is 0 Å². The minimum Gasteiger partial charge on any atom is -0.445 e. The molecule has 1 unspecified atom stereocenters. The van der Waals surface area contributed by atoms with Crippen LogP contribution in [0.4, 0.5) is 4.79 Å². The molecule has 4 nitrogen and oxygen atoms in total. The second kappa shape index (κ2) is 6.73. The van der Waals surface area contributed by atoms with E-state index in [0.717, 1.165) is 18.4 Å². The first-order valence-electron chi connectivity index (χ1n) is 6.40. The van der Waals surface area contributed by atoms with Crippen LogP contribution in [0.15, 0.2) is 42.5 Å². The highest BCUT2D eigenvalue weighted by atomic mass is 16.5. The van der Waals surface area contributed by atoms with Gasteiger partial charge in [0.1, 0.15) is 6.61 Å².